The van der Waals surface area contributed by atoms with Gasteiger partial charge >= 0.3 is 0 Å². The van der Waals surface area contributed by atoms with Crippen LogP contribution in [0, 0.1) is 6.85 Å². The highest BCUT2D eigenvalue weighted by molar-refractivity contribution is 6.09. The number of para-hydroxylation sites is 1. The number of hydrogen-bond acceptors (Lipinski definition) is 4. The average molecular weight is 930 g/mol. The van der Waals surface area contributed by atoms with E-state index in [4.69, 9.17) is 13.8 Å². The molecule has 0 unspecified atom stereocenters. The summed E-state index contributed by atoms with van der Waals surface area (Å²) in [7, 11) is 0. The Labute approximate surface area is 423 Å². The Morgan fingerprint density at radius 3 is 1.86 bits per heavy atom. The molecule has 0 aliphatic carbocycles. The average Bonchev–Trinajstić information content (AvgIpc) is 3.94. The molecule has 0 N–H and O–H groups in total. The number of aryl methyl sites for hydroxylation is 1. The number of anilines is 4. The number of nitrogens with zero attached hydrogens (tertiary/aromatic N) is 4. The van der Waals surface area contributed by atoms with Crippen LogP contribution in [0.3, 0.4) is 0 Å². The maximum atomic E-state index is 8.83. The molecular formula is C66H62N4O. The smallest absolute Gasteiger partial charge is 0.137 e. The zero-order chi connectivity index (χ0) is 51.7. The second kappa shape index (κ2) is 17.5. The molecule has 352 valence electrons. The van der Waals surface area contributed by atoms with Gasteiger partial charge in [0.2, 0.25) is 0 Å². The summed E-state index contributed by atoms with van der Waals surface area (Å²) in [6.07, 6.45) is 1.73. The van der Waals surface area contributed by atoms with Gasteiger partial charge in [-0.1, -0.05) is 177 Å². The second-order valence-electron chi connectivity index (χ2n) is 21.6. The van der Waals surface area contributed by atoms with Gasteiger partial charge in [0.15, 0.2) is 0 Å². The van der Waals surface area contributed by atoms with Crippen LogP contribution in [0.25, 0.3) is 49.9 Å². The van der Waals surface area contributed by atoms with E-state index in [1.165, 1.54) is 33.5 Å². The van der Waals surface area contributed by atoms with Crippen molar-refractivity contribution in [1.29, 1.82) is 0 Å². The zero-order valence-corrected chi connectivity index (χ0v) is 42.0. The zero-order valence-electron chi connectivity index (χ0n) is 45.0. The second-order valence-corrected chi connectivity index (χ2v) is 21.6. The van der Waals surface area contributed by atoms with Crippen molar-refractivity contribution in [3.8, 4) is 39.6 Å². The standard InChI is InChI=1S/C66H62N4O/c1-44-34-63(67-42-58(44)47-22-18-25-49(35-47)66(8,9)48-23-14-11-15-24-48)70-59-29-17-16-28-56(59)57-32-31-55(41-61(57)70)71-54-27-19-26-52(40-54)68-43-69(53-38-50(64(2,3)4)37-51(39-53)65(5,6)7)62-36-46(30-33-60(62)68)45-20-12-10-13-21-45/h10-42H,43H2,1-9H3/i1D3. The van der Waals surface area contributed by atoms with Gasteiger partial charge in [0.05, 0.1) is 22.4 Å². The van der Waals surface area contributed by atoms with Crippen LogP contribution in [0.5, 0.6) is 11.5 Å². The van der Waals surface area contributed by atoms with Crippen molar-refractivity contribution in [2.24, 2.45) is 0 Å². The van der Waals surface area contributed by atoms with Crippen LogP contribution in [0.1, 0.15) is 87.3 Å². The molecule has 0 saturated heterocycles. The Bertz CT molecular complexity index is 3700. The molecule has 0 bridgehead atoms. The van der Waals surface area contributed by atoms with E-state index in [9.17, 15) is 0 Å². The summed E-state index contributed by atoms with van der Waals surface area (Å²) in [5.74, 6) is 1.86. The lowest BCUT2D eigenvalue weighted by Gasteiger charge is -2.29. The normalized spacial score (nSPS) is 13.8. The quantitative estimate of drug-likeness (QED) is 0.144. The van der Waals surface area contributed by atoms with E-state index in [1.807, 2.05) is 48.5 Å². The molecule has 2 aromatic heterocycles. The number of fused-ring (bicyclic) bond motifs is 4. The number of pyridine rings is 1. The third-order valence-corrected chi connectivity index (χ3v) is 14.4. The van der Waals surface area contributed by atoms with Crippen molar-refractivity contribution in [3.05, 3.63) is 228 Å². The Kier molecular flexibility index (Phi) is 10.4. The molecule has 5 heteroatoms. The van der Waals surface area contributed by atoms with E-state index in [2.05, 4.69) is 209 Å². The van der Waals surface area contributed by atoms with Gasteiger partial charge in [0, 0.05) is 55.6 Å². The molecule has 11 rings (SSSR count). The van der Waals surface area contributed by atoms with E-state index < -0.39 is 6.85 Å². The predicted octanol–water partition coefficient (Wildman–Crippen LogP) is 17.8. The van der Waals surface area contributed by atoms with Crippen LogP contribution < -0.4 is 14.5 Å². The molecule has 0 spiro atoms. The van der Waals surface area contributed by atoms with Crippen LogP contribution in [-0.2, 0) is 16.2 Å². The number of rotatable bonds is 9. The van der Waals surface area contributed by atoms with Crippen molar-refractivity contribution >= 4 is 44.6 Å². The van der Waals surface area contributed by atoms with Crippen molar-refractivity contribution in [2.45, 2.75) is 78.5 Å². The minimum absolute atomic E-state index is 0.0387. The molecular weight excluding hydrogens is 865 g/mol. The lowest BCUT2D eigenvalue weighted by molar-refractivity contribution is 0.483. The highest BCUT2D eigenvalue weighted by Crippen LogP contribution is 2.48. The minimum atomic E-state index is -2.42. The first-order valence-electron chi connectivity index (χ1n) is 26.2. The molecule has 0 saturated carbocycles. The molecule has 8 aromatic carbocycles. The first-order valence-corrected chi connectivity index (χ1v) is 24.7. The molecule has 3 heterocycles. The van der Waals surface area contributed by atoms with Crippen LogP contribution in [-0.4, -0.2) is 16.2 Å². The Morgan fingerprint density at radius 1 is 0.465 bits per heavy atom. The maximum Gasteiger partial charge on any atom is 0.137 e. The van der Waals surface area contributed by atoms with Crippen LogP contribution in [0.4, 0.5) is 22.7 Å². The fourth-order valence-corrected chi connectivity index (χ4v) is 10.2. The summed E-state index contributed by atoms with van der Waals surface area (Å²) in [5, 5.41) is 2.04. The van der Waals surface area contributed by atoms with Gasteiger partial charge in [-0.05, 0) is 123 Å². The highest BCUT2D eigenvalue weighted by Gasteiger charge is 2.31. The van der Waals surface area contributed by atoms with E-state index >= 15 is 0 Å². The summed E-state index contributed by atoms with van der Waals surface area (Å²) in [5.41, 5.74) is 14.7. The van der Waals surface area contributed by atoms with Gasteiger partial charge in [0.25, 0.3) is 0 Å². The van der Waals surface area contributed by atoms with Gasteiger partial charge < -0.3 is 14.5 Å². The van der Waals surface area contributed by atoms with Gasteiger partial charge in [-0.3, -0.25) is 4.57 Å². The lowest BCUT2D eigenvalue weighted by atomic mass is 9.77. The summed E-state index contributed by atoms with van der Waals surface area (Å²) in [6, 6.07) is 67.5. The molecule has 0 radical (unpaired) electrons. The minimum Gasteiger partial charge on any atom is -0.457 e. The van der Waals surface area contributed by atoms with E-state index in [0.717, 1.165) is 50.0 Å². The fourth-order valence-electron chi connectivity index (χ4n) is 10.2. The first kappa shape index (κ1) is 42.0. The molecule has 71 heavy (non-hydrogen) atoms. The largest absolute Gasteiger partial charge is 0.457 e. The summed E-state index contributed by atoms with van der Waals surface area (Å²) < 4.78 is 35.4. The fraction of sp³-hybridized carbons (Fsp3) is 0.197. The van der Waals surface area contributed by atoms with Crippen LogP contribution >= 0.6 is 0 Å². The van der Waals surface area contributed by atoms with Gasteiger partial charge in [-0.2, -0.15) is 0 Å². The molecule has 1 aliphatic rings. The Hall–Kier alpha value is -7.89. The molecule has 5 nitrogen and oxygen atoms in total. The Balaban J connectivity index is 0.963. The van der Waals surface area contributed by atoms with Gasteiger partial charge in [0.1, 0.15) is 24.0 Å². The van der Waals surface area contributed by atoms with Crippen LogP contribution in [0.15, 0.2) is 200 Å². The van der Waals surface area contributed by atoms with E-state index in [0.29, 0.717) is 29.5 Å². The number of hydrogen-bond donors (Lipinski definition) is 0. The SMILES string of the molecule is [2H]C([2H])([2H])c1cc(-n2c3ccccc3c3ccc(Oc4cccc(N5CN(c6cc(C(C)(C)C)cc(C(C)(C)C)c6)c6cc(-c7ccccc7)ccc65)c4)cc32)ncc1-c1cccc(C(C)(C)c2ccccc2)c1. The van der Waals surface area contributed by atoms with Crippen molar-refractivity contribution in [3.63, 3.8) is 0 Å². The summed E-state index contributed by atoms with van der Waals surface area (Å²) >= 11 is 0. The van der Waals surface area contributed by atoms with E-state index in [-0.39, 0.29) is 21.8 Å². The molecule has 0 fully saturated rings. The van der Waals surface area contributed by atoms with Crippen molar-refractivity contribution in [2.75, 3.05) is 16.5 Å². The van der Waals surface area contributed by atoms with Crippen LogP contribution in [0.2, 0.25) is 0 Å². The topological polar surface area (TPSA) is 33.5 Å². The molecule has 0 amide bonds. The predicted molar refractivity (Wildman–Crippen MR) is 299 cm³/mol. The highest BCUT2D eigenvalue weighted by atomic mass is 16.5. The number of ether oxygens (including phenoxy) is 1. The molecule has 0 atom stereocenters. The summed E-state index contributed by atoms with van der Waals surface area (Å²) in [6.45, 7) is 16.3. The third kappa shape index (κ3) is 8.54. The monoisotopic (exact) mass is 930 g/mol. The number of benzene rings is 8. The summed E-state index contributed by atoms with van der Waals surface area (Å²) in [4.78, 5) is 9.88. The van der Waals surface area contributed by atoms with Crippen molar-refractivity contribution in [1.82, 2.24) is 9.55 Å². The van der Waals surface area contributed by atoms with Gasteiger partial charge in [-0.15, -0.1) is 0 Å². The number of aromatic nitrogens is 2. The molecule has 10 aromatic rings. The van der Waals surface area contributed by atoms with Gasteiger partial charge in [-0.25, -0.2) is 4.98 Å². The first-order chi connectivity index (χ1) is 35.3. The van der Waals surface area contributed by atoms with E-state index in [1.54, 1.807) is 12.3 Å². The molecule has 1 aliphatic heterocycles. The lowest BCUT2D eigenvalue weighted by Crippen LogP contribution is -2.25. The maximum absolute atomic E-state index is 8.83. The Morgan fingerprint density at radius 2 is 1.11 bits per heavy atom. The van der Waals surface area contributed by atoms with Crippen molar-refractivity contribution < 1.29 is 8.85 Å². The third-order valence-electron chi connectivity index (χ3n) is 14.4.